The number of furan rings is 1. The van der Waals surface area contributed by atoms with E-state index in [4.69, 9.17) is 14.9 Å². The zero-order valence-electron chi connectivity index (χ0n) is 15.6. The van der Waals surface area contributed by atoms with Gasteiger partial charge in [0.05, 0.1) is 5.56 Å². The van der Waals surface area contributed by atoms with Crippen molar-refractivity contribution in [1.29, 1.82) is 0 Å². The fourth-order valence-electron chi connectivity index (χ4n) is 2.66. The number of benzene rings is 2. The largest absolute Gasteiger partial charge is 0.452 e. The lowest BCUT2D eigenvalue weighted by Gasteiger charge is -2.07. The Labute approximate surface area is 170 Å². The topological polar surface area (TPSA) is 116 Å². The predicted molar refractivity (Wildman–Crippen MR) is 107 cm³/mol. The Morgan fingerprint density at radius 1 is 1.00 bits per heavy atom. The SMILES string of the molecule is Nc1nc(COC(=O)c2ccc(-c3ccccc3F)o2)nc(Nc2ccccc2)n1. The molecular weight excluding hydrogens is 389 g/mol. The van der Waals surface area contributed by atoms with Crippen molar-refractivity contribution < 1.29 is 18.3 Å². The van der Waals surface area contributed by atoms with Crippen LogP contribution in [0.3, 0.4) is 0 Å². The molecule has 2 aromatic carbocycles. The number of nitrogens with two attached hydrogens (primary N) is 1. The molecule has 0 aliphatic heterocycles. The van der Waals surface area contributed by atoms with E-state index in [0.717, 1.165) is 5.69 Å². The Morgan fingerprint density at radius 2 is 1.77 bits per heavy atom. The fraction of sp³-hybridized carbons (Fsp3) is 0.0476. The van der Waals surface area contributed by atoms with Crippen LogP contribution in [0.4, 0.5) is 22.0 Å². The number of carbonyl (C=O) groups excluding carboxylic acids is 1. The Hall–Kier alpha value is -4.27. The summed E-state index contributed by atoms with van der Waals surface area (Å²) in [6, 6.07) is 18.3. The zero-order valence-corrected chi connectivity index (χ0v) is 15.6. The minimum atomic E-state index is -0.742. The lowest BCUT2D eigenvalue weighted by molar-refractivity contribution is 0.0426. The molecule has 0 atom stereocenters. The molecule has 2 aromatic heterocycles. The lowest BCUT2D eigenvalue weighted by Crippen LogP contribution is -2.10. The average Bonchev–Trinajstić information content (AvgIpc) is 3.23. The fourth-order valence-corrected chi connectivity index (χ4v) is 2.66. The highest BCUT2D eigenvalue weighted by molar-refractivity contribution is 5.87. The number of anilines is 3. The summed E-state index contributed by atoms with van der Waals surface area (Å²) in [5.74, 6) is -0.680. The third-order valence-electron chi connectivity index (χ3n) is 4.01. The summed E-state index contributed by atoms with van der Waals surface area (Å²) in [6.45, 7) is -0.245. The molecule has 3 N–H and O–H groups in total. The number of halogens is 1. The molecule has 0 spiro atoms. The Balaban J connectivity index is 1.43. The molecule has 2 heterocycles. The van der Waals surface area contributed by atoms with Crippen LogP contribution in [0.1, 0.15) is 16.4 Å². The van der Waals surface area contributed by atoms with Crippen LogP contribution >= 0.6 is 0 Å². The first-order chi connectivity index (χ1) is 14.6. The number of carbonyl (C=O) groups is 1. The summed E-state index contributed by atoms with van der Waals surface area (Å²) in [5, 5.41) is 2.99. The van der Waals surface area contributed by atoms with Crippen LogP contribution in [0.15, 0.2) is 71.1 Å². The molecular formula is C21H16FN5O3. The molecule has 4 rings (SSSR count). The number of nitrogens with one attached hydrogen (secondary N) is 1. The number of aromatic nitrogens is 3. The second-order valence-electron chi connectivity index (χ2n) is 6.14. The number of rotatable bonds is 6. The smallest absolute Gasteiger partial charge is 0.374 e. The third-order valence-corrected chi connectivity index (χ3v) is 4.01. The van der Waals surface area contributed by atoms with E-state index < -0.39 is 11.8 Å². The monoisotopic (exact) mass is 405 g/mol. The normalized spacial score (nSPS) is 10.6. The molecule has 0 saturated heterocycles. The van der Waals surface area contributed by atoms with Crippen molar-refractivity contribution in [3.05, 3.63) is 84.1 Å². The van der Waals surface area contributed by atoms with Gasteiger partial charge < -0.3 is 20.2 Å². The lowest BCUT2D eigenvalue weighted by atomic mass is 10.1. The summed E-state index contributed by atoms with van der Waals surface area (Å²) < 4.78 is 24.5. The number of para-hydroxylation sites is 1. The van der Waals surface area contributed by atoms with Crippen molar-refractivity contribution >= 4 is 23.6 Å². The standard InChI is InChI=1S/C21H16FN5O3/c22-15-9-5-4-8-14(15)16-10-11-17(30-16)19(28)29-12-18-25-20(23)27-21(26-18)24-13-6-2-1-3-7-13/h1-11H,12H2,(H3,23,24,25,26,27). The van der Waals surface area contributed by atoms with Crippen LogP contribution < -0.4 is 11.1 Å². The van der Waals surface area contributed by atoms with Crippen molar-refractivity contribution in [3.8, 4) is 11.3 Å². The van der Waals surface area contributed by atoms with Crippen LogP contribution in [0, 0.1) is 5.82 Å². The van der Waals surface area contributed by atoms with E-state index in [1.54, 1.807) is 18.2 Å². The van der Waals surface area contributed by atoms with Crippen LogP contribution in [0.2, 0.25) is 0 Å². The number of hydrogen-bond acceptors (Lipinski definition) is 8. The van der Waals surface area contributed by atoms with Gasteiger partial charge in [0.1, 0.15) is 11.6 Å². The second-order valence-corrected chi connectivity index (χ2v) is 6.14. The molecule has 9 heteroatoms. The van der Waals surface area contributed by atoms with Gasteiger partial charge in [-0.3, -0.25) is 0 Å². The van der Waals surface area contributed by atoms with E-state index in [1.807, 2.05) is 30.3 Å². The number of ether oxygens (including phenoxy) is 1. The highest BCUT2D eigenvalue weighted by Crippen LogP contribution is 2.25. The molecule has 8 nitrogen and oxygen atoms in total. The van der Waals surface area contributed by atoms with Gasteiger partial charge in [0.25, 0.3) is 0 Å². The second kappa shape index (κ2) is 8.39. The van der Waals surface area contributed by atoms with Gasteiger partial charge in [0, 0.05) is 5.69 Å². The number of nitrogen functional groups attached to an aromatic ring is 1. The predicted octanol–water partition coefficient (Wildman–Crippen LogP) is 3.95. The number of hydrogen-bond donors (Lipinski definition) is 2. The summed E-state index contributed by atoms with van der Waals surface area (Å²) >= 11 is 0. The minimum Gasteiger partial charge on any atom is -0.452 e. The molecule has 150 valence electrons. The third kappa shape index (κ3) is 4.41. The van der Waals surface area contributed by atoms with Gasteiger partial charge in [-0.25, -0.2) is 9.18 Å². The highest BCUT2D eigenvalue weighted by atomic mass is 19.1. The van der Waals surface area contributed by atoms with Crippen molar-refractivity contribution in [2.45, 2.75) is 6.61 Å². The quantitative estimate of drug-likeness (QED) is 0.463. The number of nitrogens with zero attached hydrogens (tertiary/aromatic N) is 3. The van der Waals surface area contributed by atoms with Crippen LogP contribution in [-0.2, 0) is 11.3 Å². The van der Waals surface area contributed by atoms with E-state index >= 15 is 0 Å². The van der Waals surface area contributed by atoms with E-state index in [2.05, 4.69) is 20.3 Å². The van der Waals surface area contributed by atoms with Crippen LogP contribution in [0.5, 0.6) is 0 Å². The number of esters is 1. The molecule has 0 bridgehead atoms. The summed E-state index contributed by atoms with van der Waals surface area (Å²) in [7, 11) is 0. The first-order valence-electron chi connectivity index (χ1n) is 8.93. The summed E-state index contributed by atoms with van der Waals surface area (Å²) in [6.07, 6.45) is 0. The van der Waals surface area contributed by atoms with Crippen molar-refractivity contribution in [2.75, 3.05) is 11.1 Å². The Morgan fingerprint density at radius 3 is 2.57 bits per heavy atom. The van der Waals surface area contributed by atoms with Gasteiger partial charge >= 0.3 is 5.97 Å². The van der Waals surface area contributed by atoms with Gasteiger partial charge in [-0.05, 0) is 36.4 Å². The van der Waals surface area contributed by atoms with Crippen molar-refractivity contribution in [1.82, 2.24) is 15.0 Å². The van der Waals surface area contributed by atoms with E-state index in [0.29, 0.717) is 0 Å². The molecule has 0 amide bonds. The average molecular weight is 405 g/mol. The van der Waals surface area contributed by atoms with E-state index in [9.17, 15) is 9.18 Å². The zero-order chi connectivity index (χ0) is 20.9. The first kappa shape index (κ1) is 19.1. The van der Waals surface area contributed by atoms with E-state index in [-0.39, 0.29) is 41.4 Å². The van der Waals surface area contributed by atoms with Crippen molar-refractivity contribution in [2.24, 2.45) is 0 Å². The Kier molecular flexibility index (Phi) is 5.33. The van der Waals surface area contributed by atoms with Gasteiger partial charge in [-0.1, -0.05) is 30.3 Å². The molecule has 0 aliphatic rings. The molecule has 30 heavy (non-hydrogen) atoms. The van der Waals surface area contributed by atoms with Gasteiger partial charge in [0.2, 0.25) is 17.7 Å². The van der Waals surface area contributed by atoms with Crippen LogP contribution in [0.25, 0.3) is 11.3 Å². The highest BCUT2D eigenvalue weighted by Gasteiger charge is 2.16. The van der Waals surface area contributed by atoms with Crippen LogP contribution in [-0.4, -0.2) is 20.9 Å². The maximum absolute atomic E-state index is 13.9. The van der Waals surface area contributed by atoms with Gasteiger partial charge in [-0.2, -0.15) is 15.0 Å². The van der Waals surface area contributed by atoms with Gasteiger partial charge in [0.15, 0.2) is 12.4 Å². The van der Waals surface area contributed by atoms with E-state index in [1.165, 1.54) is 18.2 Å². The van der Waals surface area contributed by atoms with Crippen molar-refractivity contribution in [3.63, 3.8) is 0 Å². The summed E-state index contributed by atoms with van der Waals surface area (Å²) in [5.41, 5.74) is 6.73. The summed E-state index contributed by atoms with van der Waals surface area (Å²) in [4.78, 5) is 24.4. The molecule has 0 aliphatic carbocycles. The first-order valence-corrected chi connectivity index (χ1v) is 8.93. The Bertz CT molecular complexity index is 1180. The molecule has 0 fully saturated rings. The molecule has 4 aromatic rings. The maximum Gasteiger partial charge on any atom is 0.374 e. The molecule has 0 saturated carbocycles. The maximum atomic E-state index is 13.9. The van der Waals surface area contributed by atoms with Gasteiger partial charge in [-0.15, -0.1) is 0 Å². The minimum absolute atomic E-state index is 0.0192. The molecule has 0 radical (unpaired) electrons. The molecule has 0 unspecified atom stereocenters.